The minimum atomic E-state index is 0.277. The maximum Gasteiger partial charge on any atom is 0.0756 e. The normalized spacial score (nSPS) is 10.9. The zero-order valence-corrected chi connectivity index (χ0v) is 29.3. The van der Waals surface area contributed by atoms with E-state index in [9.17, 15) is 0 Å². The molecule has 0 saturated heterocycles. The Hall–Kier alpha value is -3.25. The number of hydrogen-bond donors (Lipinski definition) is 2. The van der Waals surface area contributed by atoms with Crippen LogP contribution in [0.2, 0.25) is 0 Å². The fourth-order valence-electron chi connectivity index (χ4n) is 3.54. The molecule has 0 atom stereocenters. The lowest BCUT2D eigenvalue weighted by molar-refractivity contribution is 0.0651. The van der Waals surface area contributed by atoms with Crippen molar-refractivity contribution >= 4 is 0 Å². The zero-order valence-electron chi connectivity index (χ0n) is 29.3. The van der Waals surface area contributed by atoms with Gasteiger partial charge in [-0.05, 0) is 99.4 Å². The highest BCUT2D eigenvalue weighted by Crippen LogP contribution is 2.11. The number of rotatable bonds is 15. The van der Waals surface area contributed by atoms with Crippen LogP contribution in [0.5, 0.6) is 0 Å². The van der Waals surface area contributed by atoms with Gasteiger partial charge < -0.3 is 23.9 Å². The van der Waals surface area contributed by atoms with Gasteiger partial charge in [0.25, 0.3) is 0 Å². The molecule has 0 aliphatic rings. The fraction of sp³-hybridized carbons (Fsp3) is 0.618. The third-order valence-corrected chi connectivity index (χ3v) is 5.96. The molecule has 0 saturated carbocycles. The molecular formula is C34H59N7O4. The zero-order chi connectivity index (χ0) is 33.5. The van der Waals surface area contributed by atoms with Gasteiger partial charge >= 0.3 is 0 Å². The van der Waals surface area contributed by atoms with E-state index in [0.717, 1.165) is 44.1 Å². The Bertz CT molecular complexity index is 1150. The van der Waals surface area contributed by atoms with Gasteiger partial charge in [-0.15, -0.1) is 0 Å². The van der Waals surface area contributed by atoms with Crippen LogP contribution in [-0.2, 0) is 45.3 Å². The minimum Gasteiger partial charge on any atom is -0.379 e. The third kappa shape index (κ3) is 21.2. The molecule has 0 amide bonds. The molecular weight excluding hydrogens is 570 g/mol. The molecule has 4 aromatic rings. The molecule has 254 valence electrons. The summed E-state index contributed by atoms with van der Waals surface area (Å²) < 4.78 is 25.4. The van der Waals surface area contributed by atoms with E-state index in [2.05, 4.69) is 25.4 Å². The van der Waals surface area contributed by atoms with Crippen molar-refractivity contribution in [1.82, 2.24) is 34.7 Å². The number of nitrogens with one attached hydrogen (secondary N) is 2. The molecule has 0 spiro atoms. The molecule has 0 aliphatic carbocycles. The second kappa shape index (κ2) is 24.0. The van der Waals surface area contributed by atoms with Crippen LogP contribution in [0.15, 0.2) is 55.4 Å². The van der Waals surface area contributed by atoms with Crippen molar-refractivity contribution in [3.8, 4) is 0 Å². The van der Waals surface area contributed by atoms with E-state index in [1.54, 1.807) is 12.4 Å². The second-order valence-electron chi connectivity index (χ2n) is 11.6. The van der Waals surface area contributed by atoms with E-state index in [1.165, 1.54) is 11.1 Å². The van der Waals surface area contributed by atoms with Gasteiger partial charge in [-0.1, -0.05) is 0 Å². The first-order valence-corrected chi connectivity index (χ1v) is 16.0. The molecule has 0 aromatic carbocycles. The Morgan fingerprint density at radius 1 is 0.711 bits per heavy atom. The van der Waals surface area contributed by atoms with Gasteiger partial charge in [-0.2, -0.15) is 15.3 Å². The van der Waals surface area contributed by atoms with E-state index in [4.69, 9.17) is 18.9 Å². The molecule has 4 rings (SSSR count). The molecule has 45 heavy (non-hydrogen) atoms. The quantitative estimate of drug-likeness (QED) is 0.137. The van der Waals surface area contributed by atoms with Gasteiger partial charge in [0.2, 0.25) is 0 Å². The second-order valence-corrected chi connectivity index (χ2v) is 11.6. The lowest BCUT2D eigenvalue weighted by Crippen LogP contribution is -2.10. The highest BCUT2D eigenvalue weighted by Gasteiger charge is 2.06. The van der Waals surface area contributed by atoms with Crippen molar-refractivity contribution in [2.75, 3.05) is 13.2 Å². The summed E-state index contributed by atoms with van der Waals surface area (Å²) in [5, 5.41) is 15.2. The summed E-state index contributed by atoms with van der Waals surface area (Å²) >= 11 is 0. The Kier molecular flexibility index (Phi) is 21.3. The maximum atomic E-state index is 5.49. The molecule has 11 heteroatoms. The van der Waals surface area contributed by atoms with Crippen LogP contribution in [0.25, 0.3) is 0 Å². The monoisotopic (exact) mass is 629 g/mol. The summed E-state index contributed by atoms with van der Waals surface area (Å²) in [7, 11) is 0. The number of aromatic nitrogens is 7. The van der Waals surface area contributed by atoms with Crippen molar-refractivity contribution in [2.45, 2.75) is 126 Å². The topological polar surface area (TPSA) is 117 Å². The van der Waals surface area contributed by atoms with Crippen LogP contribution in [-0.4, -0.2) is 72.4 Å². The molecule has 4 heterocycles. The molecule has 4 aromatic heterocycles. The maximum absolute atomic E-state index is 5.49. The number of nitrogens with zero attached hydrogens (tertiary/aromatic N) is 5. The van der Waals surface area contributed by atoms with E-state index in [0.29, 0.717) is 31.5 Å². The van der Waals surface area contributed by atoms with Crippen LogP contribution >= 0.6 is 0 Å². The van der Waals surface area contributed by atoms with Gasteiger partial charge in [0.15, 0.2) is 0 Å². The minimum absolute atomic E-state index is 0.277. The predicted octanol–water partition coefficient (Wildman–Crippen LogP) is 6.90. The Balaban J connectivity index is 0.000000301. The summed E-state index contributed by atoms with van der Waals surface area (Å²) in [4.78, 5) is 2.97. The summed E-state index contributed by atoms with van der Waals surface area (Å²) in [6.45, 7) is 25.0. The standard InChI is InChI=1S/2C9H16N2O.C8H14N2O.C8H13NO/c1-6(2)12-5-9-7(3)10-11-8(9)4;1-9(2)12-8-4-7-11-6-3-5-10-11;1-8(2)11-7-6-10-5-3-4-9-10;1-7(2)10-6-8-3-4-9-5-8/h6H,5H2,1-4H3,(H,10,11);3,5-6,9H,4,7-8H2,1-2H3;3-5,8H,6-7H2,1-2H3;3-5,7,9H,6H2,1-2H3. The van der Waals surface area contributed by atoms with Crippen LogP contribution in [0.4, 0.5) is 0 Å². The predicted molar refractivity (Wildman–Crippen MR) is 180 cm³/mol. The van der Waals surface area contributed by atoms with Crippen LogP contribution in [0.3, 0.4) is 0 Å². The van der Waals surface area contributed by atoms with Crippen molar-refractivity contribution in [1.29, 1.82) is 0 Å². The molecule has 2 N–H and O–H groups in total. The Morgan fingerprint density at radius 3 is 1.73 bits per heavy atom. The largest absolute Gasteiger partial charge is 0.379 e. The number of aryl methyl sites for hydroxylation is 3. The van der Waals surface area contributed by atoms with Gasteiger partial charge in [0.1, 0.15) is 0 Å². The van der Waals surface area contributed by atoms with Gasteiger partial charge in [-0.25, -0.2) is 0 Å². The molecule has 0 unspecified atom stereocenters. The molecule has 0 aliphatic heterocycles. The fourth-order valence-corrected chi connectivity index (χ4v) is 3.54. The van der Waals surface area contributed by atoms with Gasteiger partial charge in [0, 0.05) is 61.6 Å². The first-order chi connectivity index (χ1) is 21.5. The van der Waals surface area contributed by atoms with Crippen molar-refractivity contribution in [3.05, 3.63) is 77.9 Å². The molecule has 0 fully saturated rings. The highest BCUT2D eigenvalue weighted by molar-refractivity contribution is 5.21. The van der Waals surface area contributed by atoms with Crippen LogP contribution < -0.4 is 0 Å². The lowest BCUT2D eigenvalue weighted by atomic mass is 10.2. The van der Waals surface area contributed by atoms with Crippen molar-refractivity contribution in [2.24, 2.45) is 0 Å². The average molecular weight is 630 g/mol. The lowest BCUT2D eigenvalue weighted by Gasteiger charge is -2.06. The number of hydrogen-bond acceptors (Lipinski definition) is 7. The number of ether oxygens (including phenoxy) is 4. The van der Waals surface area contributed by atoms with Crippen molar-refractivity contribution in [3.63, 3.8) is 0 Å². The summed E-state index contributed by atoms with van der Waals surface area (Å²) in [6.07, 6.45) is 13.6. The Labute approximate surface area is 271 Å². The van der Waals surface area contributed by atoms with Gasteiger partial charge in [-0.3, -0.25) is 14.5 Å². The first-order valence-electron chi connectivity index (χ1n) is 16.0. The SMILES string of the molecule is CC(C)OCCCn1cccn1.CC(C)OCCn1cccn1.CC(C)OCc1cc[nH]c1.Cc1n[nH]c(C)c1COC(C)C. The molecule has 11 nitrogen and oxygen atoms in total. The summed E-state index contributed by atoms with van der Waals surface area (Å²) in [5.41, 5.74) is 4.53. The summed E-state index contributed by atoms with van der Waals surface area (Å²) in [5.74, 6) is 0. The van der Waals surface area contributed by atoms with E-state index in [-0.39, 0.29) is 6.10 Å². The molecule has 0 radical (unpaired) electrons. The first kappa shape index (κ1) is 39.8. The van der Waals surface area contributed by atoms with E-state index >= 15 is 0 Å². The number of H-pyrrole nitrogens is 2. The van der Waals surface area contributed by atoms with Crippen LogP contribution in [0.1, 0.15) is 84.3 Å². The van der Waals surface area contributed by atoms with Crippen LogP contribution in [0, 0.1) is 13.8 Å². The Morgan fingerprint density at radius 2 is 1.27 bits per heavy atom. The highest BCUT2D eigenvalue weighted by atomic mass is 16.5. The van der Waals surface area contributed by atoms with E-state index < -0.39 is 0 Å². The van der Waals surface area contributed by atoms with Gasteiger partial charge in [0.05, 0.1) is 56.5 Å². The van der Waals surface area contributed by atoms with E-state index in [1.807, 2.05) is 122 Å². The smallest absolute Gasteiger partial charge is 0.0756 e. The summed E-state index contributed by atoms with van der Waals surface area (Å²) in [6, 6.07) is 5.86. The number of aromatic amines is 2. The average Bonchev–Trinajstić information content (AvgIpc) is 3.81. The third-order valence-electron chi connectivity index (χ3n) is 5.96. The molecule has 0 bridgehead atoms. The van der Waals surface area contributed by atoms with Crippen molar-refractivity contribution < 1.29 is 18.9 Å².